The molecule has 0 unspecified atom stereocenters. The van der Waals surface area contributed by atoms with E-state index in [0.717, 1.165) is 44.4 Å². The van der Waals surface area contributed by atoms with E-state index in [9.17, 15) is 0 Å². The average Bonchev–Trinajstić information content (AvgIpc) is 3.80. The molecule has 11 rings (SSSR count). The van der Waals surface area contributed by atoms with E-state index >= 15 is 0 Å². The van der Waals surface area contributed by atoms with Crippen molar-refractivity contribution in [2.45, 2.75) is 0 Å². The Morgan fingerprint density at radius 3 is 1.60 bits per heavy atom. The van der Waals surface area contributed by atoms with Crippen LogP contribution in [0.15, 0.2) is 192 Å². The molecule has 3 heteroatoms. The summed E-state index contributed by atoms with van der Waals surface area (Å²) in [5.41, 5.74) is 9.97. The molecule has 0 saturated carbocycles. The van der Waals surface area contributed by atoms with Crippen molar-refractivity contribution in [1.82, 2.24) is 0 Å². The van der Waals surface area contributed by atoms with Gasteiger partial charge in [-0.1, -0.05) is 133 Å². The summed E-state index contributed by atoms with van der Waals surface area (Å²) in [6, 6.07) is 67.8. The number of furan rings is 1. The third-order valence-corrected chi connectivity index (χ3v) is 11.8. The molecule has 0 saturated heterocycles. The molecule has 0 N–H and O–H groups in total. The van der Waals surface area contributed by atoms with Gasteiger partial charge < -0.3 is 9.32 Å². The molecule has 0 radical (unpaired) electrons. The van der Waals surface area contributed by atoms with E-state index in [-0.39, 0.29) is 0 Å². The minimum atomic E-state index is 0.868. The number of hydrogen-bond acceptors (Lipinski definition) is 3. The van der Waals surface area contributed by atoms with Crippen LogP contribution in [0.1, 0.15) is 0 Å². The molecule has 0 bridgehead atoms. The van der Waals surface area contributed by atoms with Crippen molar-refractivity contribution in [2.75, 3.05) is 4.90 Å². The van der Waals surface area contributed by atoms with Gasteiger partial charge in [-0.3, -0.25) is 0 Å². The lowest BCUT2D eigenvalue weighted by Gasteiger charge is -2.26. The topological polar surface area (TPSA) is 16.4 Å². The number of fused-ring (bicyclic) bond motifs is 9. The molecule has 0 atom stereocenters. The molecule has 2 aromatic heterocycles. The number of para-hydroxylation sites is 2. The third kappa shape index (κ3) is 4.64. The lowest BCUT2D eigenvalue weighted by Crippen LogP contribution is -2.09. The van der Waals surface area contributed by atoms with Crippen molar-refractivity contribution in [3.63, 3.8) is 0 Å². The van der Waals surface area contributed by atoms with Crippen molar-refractivity contribution in [3.05, 3.63) is 188 Å². The second-order valence-corrected chi connectivity index (χ2v) is 14.7. The van der Waals surface area contributed by atoms with Crippen LogP contribution in [-0.2, 0) is 0 Å². The van der Waals surface area contributed by atoms with Crippen molar-refractivity contribution in [2.24, 2.45) is 0 Å². The van der Waals surface area contributed by atoms with Gasteiger partial charge in [-0.25, -0.2) is 0 Å². The number of benzene rings is 9. The Balaban J connectivity index is 1.19. The summed E-state index contributed by atoms with van der Waals surface area (Å²) in [7, 11) is 0. The fourth-order valence-corrected chi connectivity index (χ4v) is 9.52. The summed E-state index contributed by atoms with van der Waals surface area (Å²) in [4.78, 5) is 2.34. The van der Waals surface area contributed by atoms with E-state index in [1.807, 2.05) is 11.3 Å². The Labute approximate surface area is 310 Å². The van der Waals surface area contributed by atoms with E-state index < -0.39 is 0 Å². The van der Waals surface area contributed by atoms with Crippen molar-refractivity contribution < 1.29 is 4.42 Å². The highest BCUT2D eigenvalue weighted by Crippen LogP contribution is 2.48. The predicted octanol–water partition coefficient (Wildman–Crippen LogP) is 15.1. The standard InChI is InChI=1S/C50H31NOS/c1-3-15-32(16-4-1)51(33-17-5-2-6-18-33)44-25-14-26-45-49(44)43-31-42(36-21-9-10-22-40(36)50(43)52-45)38-30-29-37(34-19-7-8-20-35(34)38)39-24-13-28-47-48(39)41-23-11-12-27-46(41)53-47/h1-31H. The Morgan fingerprint density at radius 1 is 0.358 bits per heavy atom. The van der Waals surface area contributed by atoms with Gasteiger partial charge in [0.25, 0.3) is 0 Å². The highest BCUT2D eigenvalue weighted by molar-refractivity contribution is 7.25. The van der Waals surface area contributed by atoms with Crippen LogP contribution in [0, 0.1) is 0 Å². The highest BCUT2D eigenvalue weighted by atomic mass is 32.1. The maximum atomic E-state index is 6.83. The van der Waals surface area contributed by atoms with Crippen molar-refractivity contribution in [3.8, 4) is 22.3 Å². The minimum absolute atomic E-state index is 0.868. The van der Waals surface area contributed by atoms with Crippen LogP contribution in [0.25, 0.3) is 85.9 Å². The Hall–Kier alpha value is -6.68. The fourth-order valence-electron chi connectivity index (χ4n) is 8.39. The van der Waals surface area contributed by atoms with E-state index in [4.69, 9.17) is 4.42 Å². The van der Waals surface area contributed by atoms with Gasteiger partial charge >= 0.3 is 0 Å². The third-order valence-electron chi connectivity index (χ3n) is 10.7. The lowest BCUT2D eigenvalue weighted by atomic mass is 9.88. The first-order chi connectivity index (χ1) is 26.3. The summed E-state index contributed by atoms with van der Waals surface area (Å²) >= 11 is 1.87. The Kier molecular flexibility index (Phi) is 6.76. The van der Waals surface area contributed by atoms with Gasteiger partial charge in [0.15, 0.2) is 0 Å². The molecular weight excluding hydrogens is 663 g/mol. The van der Waals surface area contributed by atoms with Gasteiger partial charge in [-0.2, -0.15) is 0 Å². The van der Waals surface area contributed by atoms with Crippen LogP contribution in [0.5, 0.6) is 0 Å². The second kappa shape index (κ2) is 11.9. The summed E-state index contributed by atoms with van der Waals surface area (Å²) in [5, 5.41) is 9.60. The average molecular weight is 694 g/mol. The van der Waals surface area contributed by atoms with Gasteiger partial charge in [0, 0.05) is 42.3 Å². The van der Waals surface area contributed by atoms with Crippen LogP contribution in [0.2, 0.25) is 0 Å². The first-order valence-corrected chi connectivity index (χ1v) is 18.8. The zero-order chi connectivity index (χ0) is 34.9. The molecule has 2 heterocycles. The smallest absolute Gasteiger partial charge is 0.143 e. The molecule has 248 valence electrons. The van der Waals surface area contributed by atoms with Crippen LogP contribution in [-0.4, -0.2) is 0 Å². The van der Waals surface area contributed by atoms with Gasteiger partial charge in [0.05, 0.1) is 11.1 Å². The molecule has 2 nitrogen and oxygen atoms in total. The van der Waals surface area contributed by atoms with Crippen LogP contribution < -0.4 is 4.90 Å². The Morgan fingerprint density at radius 2 is 0.906 bits per heavy atom. The fraction of sp³-hybridized carbons (Fsp3) is 0. The quantitative estimate of drug-likeness (QED) is 0.178. The lowest BCUT2D eigenvalue weighted by molar-refractivity contribution is 0.672. The summed E-state index contributed by atoms with van der Waals surface area (Å²) in [5.74, 6) is 0. The number of anilines is 3. The Bertz CT molecular complexity index is 3140. The maximum absolute atomic E-state index is 6.83. The second-order valence-electron chi connectivity index (χ2n) is 13.6. The first kappa shape index (κ1) is 30.0. The number of nitrogens with zero attached hydrogens (tertiary/aromatic N) is 1. The van der Waals surface area contributed by atoms with Crippen LogP contribution >= 0.6 is 11.3 Å². The van der Waals surface area contributed by atoms with Crippen LogP contribution in [0.3, 0.4) is 0 Å². The van der Waals surface area contributed by atoms with Crippen molar-refractivity contribution >= 4 is 92.1 Å². The molecule has 0 aliphatic rings. The molecule has 11 aromatic rings. The molecule has 53 heavy (non-hydrogen) atoms. The van der Waals surface area contributed by atoms with Crippen molar-refractivity contribution in [1.29, 1.82) is 0 Å². The van der Waals surface area contributed by atoms with Gasteiger partial charge in [-0.05, 0) is 93.0 Å². The largest absolute Gasteiger partial charge is 0.455 e. The molecule has 0 aliphatic carbocycles. The van der Waals surface area contributed by atoms with E-state index in [1.165, 1.54) is 58.6 Å². The molecule has 0 aliphatic heterocycles. The van der Waals surface area contributed by atoms with Gasteiger partial charge in [0.2, 0.25) is 0 Å². The minimum Gasteiger partial charge on any atom is -0.455 e. The molecule has 0 spiro atoms. The zero-order valence-electron chi connectivity index (χ0n) is 28.7. The first-order valence-electron chi connectivity index (χ1n) is 18.0. The molecule has 0 fully saturated rings. The van der Waals surface area contributed by atoms with E-state index in [0.29, 0.717) is 0 Å². The monoisotopic (exact) mass is 693 g/mol. The number of hydrogen-bond donors (Lipinski definition) is 0. The SMILES string of the molecule is c1ccc(N(c2ccccc2)c2cccc3oc4c5ccccc5c(-c5ccc(-c6cccc7sc8ccccc8c67)c6ccccc56)cc4c23)cc1. The molecule has 0 amide bonds. The molecule has 9 aromatic carbocycles. The zero-order valence-corrected chi connectivity index (χ0v) is 29.5. The summed E-state index contributed by atoms with van der Waals surface area (Å²) in [6.45, 7) is 0. The number of thiophene rings is 1. The van der Waals surface area contributed by atoms with Gasteiger partial charge in [0.1, 0.15) is 11.2 Å². The maximum Gasteiger partial charge on any atom is 0.143 e. The van der Waals surface area contributed by atoms with E-state index in [2.05, 4.69) is 193 Å². The predicted molar refractivity (Wildman–Crippen MR) is 227 cm³/mol. The molecular formula is C50H31NOS. The summed E-state index contributed by atoms with van der Waals surface area (Å²) < 4.78 is 9.46. The number of rotatable bonds is 5. The normalized spacial score (nSPS) is 11.8. The van der Waals surface area contributed by atoms with Crippen LogP contribution in [0.4, 0.5) is 17.1 Å². The van der Waals surface area contributed by atoms with Gasteiger partial charge in [-0.15, -0.1) is 11.3 Å². The summed E-state index contributed by atoms with van der Waals surface area (Å²) in [6.07, 6.45) is 0. The van der Waals surface area contributed by atoms with E-state index in [1.54, 1.807) is 0 Å². The highest BCUT2D eigenvalue weighted by Gasteiger charge is 2.23.